The molecule has 1 amide bonds. The van der Waals surface area contributed by atoms with Gasteiger partial charge >= 0.3 is 5.97 Å². The fourth-order valence-electron chi connectivity index (χ4n) is 8.55. The molecular formula is C58H109NO5. The summed E-state index contributed by atoms with van der Waals surface area (Å²) in [6.45, 7) is 4.90. The van der Waals surface area contributed by atoms with E-state index in [0.717, 1.165) is 83.5 Å². The lowest BCUT2D eigenvalue weighted by atomic mass is 10.0. The summed E-state index contributed by atoms with van der Waals surface area (Å²) in [6, 6.07) is -0.553. The molecule has 0 radical (unpaired) electrons. The standard InChI is InChI=1S/C58H109NO5/c1-3-5-7-9-11-13-15-17-18-19-22-25-28-32-36-40-44-48-52-58(63)64-53-49-45-41-37-33-29-26-23-20-21-24-27-31-35-39-43-47-51-57(62)59-55(54-60)56(61)50-46-42-38-34-30-16-14-12-10-8-6-4-2/h18-20,23,29,33,55-56,60-61H,3-17,21-22,24-28,30-32,34-54H2,1-2H3,(H,59,62)/b19-18-,23-20-,33-29-. The highest BCUT2D eigenvalue weighted by atomic mass is 16.5. The minimum Gasteiger partial charge on any atom is -0.466 e. The van der Waals surface area contributed by atoms with Crippen LogP contribution in [0.4, 0.5) is 0 Å². The number of hydrogen-bond acceptors (Lipinski definition) is 5. The Labute approximate surface area is 398 Å². The summed E-state index contributed by atoms with van der Waals surface area (Å²) in [6.07, 6.45) is 65.6. The second kappa shape index (κ2) is 53.7. The highest BCUT2D eigenvalue weighted by Crippen LogP contribution is 2.16. The van der Waals surface area contributed by atoms with Gasteiger partial charge in [0.15, 0.2) is 0 Å². The molecule has 0 aromatic rings. The average Bonchev–Trinajstić information content (AvgIpc) is 3.29. The number of aliphatic hydroxyl groups excluding tert-OH is 2. The fourth-order valence-corrected chi connectivity index (χ4v) is 8.55. The van der Waals surface area contributed by atoms with Crippen LogP contribution in [0.25, 0.3) is 0 Å². The fraction of sp³-hybridized carbons (Fsp3) is 0.862. The zero-order chi connectivity index (χ0) is 46.5. The zero-order valence-corrected chi connectivity index (χ0v) is 42.8. The van der Waals surface area contributed by atoms with Crippen molar-refractivity contribution in [1.82, 2.24) is 5.32 Å². The molecule has 0 aliphatic rings. The smallest absolute Gasteiger partial charge is 0.305 e. The topological polar surface area (TPSA) is 95.9 Å². The number of allylic oxidation sites excluding steroid dienone is 6. The number of ether oxygens (including phenoxy) is 1. The van der Waals surface area contributed by atoms with Crippen LogP contribution in [0.2, 0.25) is 0 Å². The summed E-state index contributed by atoms with van der Waals surface area (Å²) in [4.78, 5) is 24.5. The first-order valence-electron chi connectivity index (χ1n) is 28.2. The van der Waals surface area contributed by atoms with Crippen LogP contribution in [0.3, 0.4) is 0 Å². The highest BCUT2D eigenvalue weighted by molar-refractivity contribution is 5.76. The second-order valence-corrected chi connectivity index (χ2v) is 19.3. The lowest BCUT2D eigenvalue weighted by Crippen LogP contribution is -2.45. The Morgan fingerprint density at radius 1 is 0.438 bits per heavy atom. The van der Waals surface area contributed by atoms with Crippen LogP contribution in [0.1, 0.15) is 296 Å². The molecule has 0 aliphatic heterocycles. The molecule has 64 heavy (non-hydrogen) atoms. The Balaban J connectivity index is 3.48. The van der Waals surface area contributed by atoms with E-state index in [2.05, 4.69) is 55.6 Å². The van der Waals surface area contributed by atoms with E-state index in [1.165, 1.54) is 180 Å². The van der Waals surface area contributed by atoms with Gasteiger partial charge in [0.1, 0.15) is 0 Å². The molecule has 0 saturated heterocycles. The SMILES string of the molecule is CCCCCCCCC/C=C\CCCCCCCCCC(=O)OCCCCC/C=C\C/C=C\CCCCCCCCCC(=O)NC(CO)C(O)CCCCCCCCCCCCCC. The number of nitrogens with one attached hydrogen (secondary N) is 1. The van der Waals surface area contributed by atoms with Gasteiger partial charge < -0.3 is 20.3 Å². The lowest BCUT2D eigenvalue weighted by Gasteiger charge is -2.22. The number of unbranched alkanes of at least 4 members (excludes halogenated alkanes) is 35. The number of carbonyl (C=O) groups excluding carboxylic acids is 2. The summed E-state index contributed by atoms with van der Waals surface area (Å²) in [5, 5.41) is 23.2. The molecule has 0 heterocycles. The quantitative estimate of drug-likeness (QED) is 0.0321. The van der Waals surface area contributed by atoms with E-state index < -0.39 is 12.1 Å². The van der Waals surface area contributed by atoms with Gasteiger partial charge in [-0.25, -0.2) is 0 Å². The molecule has 6 heteroatoms. The Hall–Kier alpha value is -1.92. The third-order valence-electron chi connectivity index (χ3n) is 12.9. The minimum absolute atomic E-state index is 0.0186. The minimum atomic E-state index is -0.674. The third kappa shape index (κ3) is 49.5. The summed E-state index contributed by atoms with van der Waals surface area (Å²) in [5.74, 6) is -0.0707. The molecule has 3 N–H and O–H groups in total. The molecule has 0 spiro atoms. The van der Waals surface area contributed by atoms with E-state index >= 15 is 0 Å². The van der Waals surface area contributed by atoms with Crippen molar-refractivity contribution in [3.8, 4) is 0 Å². The van der Waals surface area contributed by atoms with Crippen LogP contribution in [-0.4, -0.2) is 47.4 Å². The van der Waals surface area contributed by atoms with Crippen molar-refractivity contribution < 1.29 is 24.5 Å². The van der Waals surface area contributed by atoms with Crippen LogP contribution in [0.5, 0.6) is 0 Å². The molecule has 0 saturated carbocycles. The van der Waals surface area contributed by atoms with Gasteiger partial charge in [-0.2, -0.15) is 0 Å². The summed E-state index contributed by atoms with van der Waals surface area (Å²) < 4.78 is 5.46. The number of hydrogen-bond donors (Lipinski definition) is 3. The molecule has 6 nitrogen and oxygen atoms in total. The highest BCUT2D eigenvalue weighted by Gasteiger charge is 2.20. The normalized spacial score (nSPS) is 12.9. The number of aliphatic hydroxyl groups is 2. The Kier molecular flexibility index (Phi) is 52.1. The van der Waals surface area contributed by atoms with Gasteiger partial charge in [-0.1, -0.05) is 230 Å². The van der Waals surface area contributed by atoms with Gasteiger partial charge in [0.05, 0.1) is 25.4 Å². The van der Waals surface area contributed by atoms with Crippen LogP contribution >= 0.6 is 0 Å². The molecule has 0 fully saturated rings. The predicted molar refractivity (Wildman–Crippen MR) is 278 cm³/mol. The molecule has 0 bridgehead atoms. The van der Waals surface area contributed by atoms with Gasteiger partial charge in [0, 0.05) is 12.8 Å². The summed E-state index contributed by atoms with van der Waals surface area (Å²) >= 11 is 0. The molecule has 2 unspecified atom stereocenters. The Bertz CT molecular complexity index is 1040. The van der Waals surface area contributed by atoms with E-state index in [9.17, 15) is 19.8 Å². The van der Waals surface area contributed by atoms with Crippen molar-refractivity contribution in [3.63, 3.8) is 0 Å². The number of esters is 1. The summed E-state index contributed by atoms with van der Waals surface area (Å²) in [5.41, 5.74) is 0. The Morgan fingerprint density at radius 3 is 1.20 bits per heavy atom. The van der Waals surface area contributed by atoms with E-state index in [1.54, 1.807) is 0 Å². The van der Waals surface area contributed by atoms with Gasteiger partial charge in [-0.05, 0) is 89.9 Å². The monoisotopic (exact) mass is 900 g/mol. The second-order valence-electron chi connectivity index (χ2n) is 19.3. The van der Waals surface area contributed by atoms with E-state index in [0.29, 0.717) is 25.9 Å². The molecule has 2 atom stereocenters. The third-order valence-corrected chi connectivity index (χ3v) is 12.9. The maximum Gasteiger partial charge on any atom is 0.305 e. The molecule has 0 aromatic carbocycles. The maximum atomic E-state index is 12.4. The van der Waals surface area contributed by atoms with Gasteiger partial charge in [0.2, 0.25) is 5.91 Å². The van der Waals surface area contributed by atoms with Crippen molar-refractivity contribution in [2.24, 2.45) is 0 Å². The van der Waals surface area contributed by atoms with Crippen LogP contribution < -0.4 is 5.32 Å². The predicted octanol–water partition coefficient (Wildman–Crippen LogP) is 17.2. The average molecular weight is 901 g/mol. The maximum absolute atomic E-state index is 12.4. The first-order valence-corrected chi connectivity index (χ1v) is 28.2. The van der Waals surface area contributed by atoms with Crippen molar-refractivity contribution in [2.75, 3.05) is 13.2 Å². The lowest BCUT2D eigenvalue weighted by molar-refractivity contribution is -0.143. The van der Waals surface area contributed by atoms with E-state index in [4.69, 9.17) is 4.74 Å². The molecule has 0 rings (SSSR count). The number of rotatable bonds is 52. The zero-order valence-electron chi connectivity index (χ0n) is 42.8. The first kappa shape index (κ1) is 62.1. The van der Waals surface area contributed by atoms with Gasteiger partial charge in [0.25, 0.3) is 0 Å². The number of carbonyl (C=O) groups is 2. The molecular weight excluding hydrogens is 791 g/mol. The largest absolute Gasteiger partial charge is 0.466 e. The van der Waals surface area contributed by atoms with Crippen LogP contribution in [-0.2, 0) is 14.3 Å². The van der Waals surface area contributed by atoms with Crippen molar-refractivity contribution in [3.05, 3.63) is 36.5 Å². The van der Waals surface area contributed by atoms with Gasteiger partial charge in [-0.15, -0.1) is 0 Å². The number of amides is 1. The van der Waals surface area contributed by atoms with E-state index in [1.807, 2.05) is 0 Å². The van der Waals surface area contributed by atoms with Crippen molar-refractivity contribution >= 4 is 11.9 Å². The molecule has 0 aromatic heterocycles. The van der Waals surface area contributed by atoms with Crippen LogP contribution in [0, 0.1) is 0 Å². The summed E-state index contributed by atoms with van der Waals surface area (Å²) in [7, 11) is 0. The van der Waals surface area contributed by atoms with E-state index in [-0.39, 0.29) is 18.5 Å². The Morgan fingerprint density at radius 2 is 0.781 bits per heavy atom. The molecule has 0 aliphatic carbocycles. The van der Waals surface area contributed by atoms with Crippen molar-refractivity contribution in [2.45, 2.75) is 309 Å². The van der Waals surface area contributed by atoms with Crippen LogP contribution in [0.15, 0.2) is 36.5 Å². The molecule has 376 valence electrons. The van der Waals surface area contributed by atoms with Gasteiger partial charge in [-0.3, -0.25) is 9.59 Å². The van der Waals surface area contributed by atoms with Crippen molar-refractivity contribution in [1.29, 1.82) is 0 Å². The first-order chi connectivity index (χ1) is 31.5.